The van der Waals surface area contributed by atoms with Crippen LogP contribution in [0.2, 0.25) is 0 Å². The van der Waals surface area contributed by atoms with E-state index in [1.165, 1.54) is 50.1 Å². The van der Waals surface area contributed by atoms with Gasteiger partial charge >= 0.3 is 0 Å². The van der Waals surface area contributed by atoms with E-state index in [2.05, 4.69) is 240 Å². The second kappa shape index (κ2) is 13.4. The molecule has 0 unspecified atom stereocenters. The van der Waals surface area contributed by atoms with Crippen molar-refractivity contribution in [3.8, 4) is 33.4 Å². The van der Waals surface area contributed by atoms with Gasteiger partial charge in [0.1, 0.15) is 0 Å². The first-order valence-corrected chi connectivity index (χ1v) is 19.7. The van der Waals surface area contributed by atoms with Gasteiger partial charge in [-0.3, -0.25) is 0 Å². The highest BCUT2D eigenvalue weighted by molar-refractivity contribution is 6.02. The molecule has 0 amide bonds. The van der Waals surface area contributed by atoms with E-state index in [1.807, 2.05) is 0 Å². The molecule has 2 aliphatic rings. The minimum Gasteiger partial charge on any atom is -0.311 e. The van der Waals surface area contributed by atoms with Crippen LogP contribution in [0.4, 0.5) is 34.1 Å². The largest absolute Gasteiger partial charge is 0.311 e. The zero-order valence-electron chi connectivity index (χ0n) is 31.3. The van der Waals surface area contributed by atoms with Crippen molar-refractivity contribution < 1.29 is 0 Å². The topological polar surface area (TPSA) is 6.48 Å². The highest BCUT2D eigenvalue weighted by atomic mass is 15.1. The molecule has 57 heavy (non-hydrogen) atoms. The summed E-state index contributed by atoms with van der Waals surface area (Å²) in [6.45, 7) is 0. The predicted molar refractivity (Wildman–Crippen MR) is 238 cm³/mol. The molecule has 268 valence electrons. The molecule has 0 atom stereocenters. The number of benzene rings is 9. The molecular weight excluding hydrogens is 689 g/mol. The van der Waals surface area contributed by atoms with Gasteiger partial charge in [0.2, 0.25) is 0 Å². The van der Waals surface area contributed by atoms with Crippen molar-refractivity contribution in [2.75, 3.05) is 9.80 Å². The summed E-state index contributed by atoms with van der Waals surface area (Å²) in [5, 5.41) is 0. The van der Waals surface area contributed by atoms with Crippen molar-refractivity contribution in [2.45, 2.75) is 5.41 Å². The number of para-hydroxylation sites is 4. The number of anilines is 6. The van der Waals surface area contributed by atoms with Crippen LogP contribution >= 0.6 is 0 Å². The summed E-state index contributed by atoms with van der Waals surface area (Å²) in [5.74, 6) is 0. The fourth-order valence-corrected chi connectivity index (χ4v) is 9.52. The molecule has 0 fully saturated rings. The normalized spacial score (nSPS) is 12.7. The van der Waals surface area contributed by atoms with Crippen LogP contribution in [0.5, 0.6) is 0 Å². The maximum Gasteiger partial charge on any atom is 0.0726 e. The second-order valence-electron chi connectivity index (χ2n) is 14.9. The average molecular weight is 727 g/mol. The molecule has 1 spiro atoms. The van der Waals surface area contributed by atoms with E-state index in [0.717, 1.165) is 39.7 Å². The summed E-state index contributed by atoms with van der Waals surface area (Å²) in [6, 6.07) is 84.1. The Kier molecular flexibility index (Phi) is 7.75. The quantitative estimate of drug-likeness (QED) is 0.161. The van der Waals surface area contributed by atoms with Crippen LogP contribution < -0.4 is 9.80 Å². The Bertz CT molecular complexity index is 2760. The van der Waals surface area contributed by atoms with Gasteiger partial charge in [-0.1, -0.05) is 158 Å². The molecule has 0 aromatic heterocycles. The first kappa shape index (κ1) is 33.0. The Morgan fingerprint density at radius 3 is 1.11 bits per heavy atom. The smallest absolute Gasteiger partial charge is 0.0726 e. The van der Waals surface area contributed by atoms with Crippen molar-refractivity contribution in [3.63, 3.8) is 0 Å². The van der Waals surface area contributed by atoms with Gasteiger partial charge in [0.25, 0.3) is 0 Å². The molecule has 0 radical (unpaired) electrons. The lowest BCUT2D eigenvalue weighted by Gasteiger charge is -2.32. The minimum absolute atomic E-state index is 0.486. The Labute approximate surface area is 334 Å². The highest BCUT2D eigenvalue weighted by Crippen LogP contribution is 2.65. The van der Waals surface area contributed by atoms with Gasteiger partial charge in [-0.25, -0.2) is 0 Å². The van der Waals surface area contributed by atoms with E-state index >= 15 is 0 Å². The van der Waals surface area contributed by atoms with Crippen LogP contribution in [0.3, 0.4) is 0 Å². The molecular formula is C55H38N2. The van der Waals surface area contributed by atoms with E-state index in [9.17, 15) is 0 Å². The molecule has 0 saturated heterocycles. The molecule has 9 aromatic rings. The van der Waals surface area contributed by atoms with Gasteiger partial charge < -0.3 is 9.80 Å². The van der Waals surface area contributed by atoms with Crippen LogP contribution in [0.1, 0.15) is 22.3 Å². The zero-order chi connectivity index (χ0) is 37.8. The third-order valence-corrected chi connectivity index (χ3v) is 11.8. The van der Waals surface area contributed by atoms with Gasteiger partial charge in [-0.15, -0.1) is 0 Å². The van der Waals surface area contributed by atoms with Gasteiger partial charge in [0, 0.05) is 34.0 Å². The van der Waals surface area contributed by atoms with Crippen molar-refractivity contribution in [1.29, 1.82) is 0 Å². The molecule has 2 aliphatic carbocycles. The first-order chi connectivity index (χ1) is 28.3. The third kappa shape index (κ3) is 5.11. The van der Waals surface area contributed by atoms with Gasteiger partial charge in [0.15, 0.2) is 0 Å². The summed E-state index contributed by atoms with van der Waals surface area (Å²) in [4.78, 5) is 4.77. The number of nitrogens with zero attached hydrogens (tertiary/aromatic N) is 2. The van der Waals surface area contributed by atoms with Crippen LogP contribution in [0.25, 0.3) is 33.4 Å². The lowest BCUT2D eigenvalue weighted by Crippen LogP contribution is -2.26. The Morgan fingerprint density at radius 1 is 0.263 bits per heavy atom. The molecule has 0 aliphatic heterocycles. The summed E-state index contributed by atoms with van der Waals surface area (Å²) in [6.07, 6.45) is 0. The van der Waals surface area contributed by atoms with E-state index in [4.69, 9.17) is 0 Å². The fourth-order valence-electron chi connectivity index (χ4n) is 9.52. The Hall–Kier alpha value is -7.42. The molecule has 9 aromatic carbocycles. The van der Waals surface area contributed by atoms with Crippen LogP contribution in [0.15, 0.2) is 231 Å². The summed E-state index contributed by atoms with van der Waals surface area (Å²) >= 11 is 0. The number of fused-ring (bicyclic) bond motifs is 10. The lowest BCUT2D eigenvalue weighted by atomic mass is 9.70. The molecule has 0 heterocycles. The third-order valence-electron chi connectivity index (χ3n) is 11.8. The van der Waals surface area contributed by atoms with Crippen LogP contribution in [0, 0.1) is 0 Å². The predicted octanol–water partition coefficient (Wildman–Crippen LogP) is 14.6. The Balaban J connectivity index is 1.19. The lowest BCUT2D eigenvalue weighted by molar-refractivity contribution is 0.794. The molecule has 0 N–H and O–H groups in total. The summed E-state index contributed by atoms with van der Waals surface area (Å²) < 4.78 is 0. The van der Waals surface area contributed by atoms with Crippen molar-refractivity contribution in [2.24, 2.45) is 0 Å². The van der Waals surface area contributed by atoms with Crippen molar-refractivity contribution >= 4 is 34.1 Å². The van der Waals surface area contributed by atoms with Crippen LogP contribution in [-0.2, 0) is 5.41 Å². The average Bonchev–Trinajstić information content (AvgIpc) is 3.76. The van der Waals surface area contributed by atoms with E-state index in [1.54, 1.807) is 0 Å². The molecule has 0 bridgehead atoms. The maximum atomic E-state index is 2.49. The Morgan fingerprint density at radius 2 is 0.632 bits per heavy atom. The van der Waals surface area contributed by atoms with Crippen molar-refractivity contribution in [3.05, 3.63) is 253 Å². The fraction of sp³-hybridized carbons (Fsp3) is 0.0182. The van der Waals surface area contributed by atoms with E-state index in [-0.39, 0.29) is 0 Å². The van der Waals surface area contributed by atoms with Gasteiger partial charge in [0.05, 0.1) is 11.1 Å². The molecule has 2 heteroatoms. The summed E-state index contributed by atoms with van der Waals surface area (Å²) in [5.41, 5.74) is 19.0. The van der Waals surface area contributed by atoms with Gasteiger partial charge in [-0.2, -0.15) is 0 Å². The first-order valence-electron chi connectivity index (χ1n) is 19.7. The molecule has 11 rings (SSSR count). The maximum absolute atomic E-state index is 2.49. The standard InChI is InChI=1S/C55H38N2/c1-5-19-41(20-6-1)56(42-21-7-2-8-22-42)45-35-33-39(34-36-45)40-37-52-54(53(38-40)57(43-23-9-3-10-24-43)44-25-11-4-12-26-44)48-29-15-18-32-51(48)55(52)49-30-16-13-27-46(49)47-28-14-17-31-50(47)55/h1-38H. The van der Waals surface area contributed by atoms with Gasteiger partial charge in [-0.05, 0) is 123 Å². The summed E-state index contributed by atoms with van der Waals surface area (Å²) in [7, 11) is 0. The molecule has 2 nitrogen and oxygen atoms in total. The van der Waals surface area contributed by atoms with E-state index < -0.39 is 5.41 Å². The van der Waals surface area contributed by atoms with E-state index in [0.29, 0.717) is 0 Å². The number of hydrogen-bond acceptors (Lipinski definition) is 2. The number of hydrogen-bond donors (Lipinski definition) is 0. The molecule has 0 saturated carbocycles. The second-order valence-corrected chi connectivity index (χ2v) is 14.9. The zero-order valence-corrected chi connectivity index (χ0v) is 31.3. The van der Waals surface area contributed by atoms with Crippen LogP contribution in [-0.4, -0.2) is 0 Å². The van der Waals surface area contributed by atoms with Crippen molar-refractivity contribution in [1.82, 2.24) is 0 Å². The SMILES string of the molecule is c1ccc(N(c2ccccc2)c2ccc(-c3cc(N(c4ccccc4)c4ccccc4)c4c(c3)C3(c5ccccc5-c5ccccc53)c3ccccc3-4)cc2)cc1. The number of rotatable bonds is 7. The monoisotopic (exact) mass is 726 g/mol. The highest BCUT2D eigenvalue weighted by Gasteiger charge is 2.52. The minimum atomic E-state index is -0.486.